The molecule has 20 heavy (non-hydrogen) atoms. The van der Waals surface area contributed by atoms with E-state index in [1.54, 1.807) is 6.20 Å². The van der Waals surface area contributed by atoms with Crippen molar-refractivity contribution < 1.29 is 0 Å². The normalized spacial score (nSPS) is 18.5. The fraction of sp³-hybridized carbons (Fsp3) is 0.800. The van der Waals surface area contributed by atoms with Gasteiger partial charge in [-0.25, -0.2) is 0 Å². The van der Waals surface area contributed by atoms with Gasteiger partial charge in [-0.05, 0) is 45.3 Å². The molecule has 0 saturated heterocycles. The monoisotopic (exact) mass is 298 g/mol. The highest BCUT2D eigenvalue weighted by Gasteiger charge is 2.36. The van der Waals surface area contributed by atoms with Crippen LogP contribution < -0.4 is 5.32 Å². The van der Waals surface area contributed by atoms with Crippen molar-refractivity contribution in [3.05, 3.63) is 16.9 Å². The Bertz CT molecular complexity index is 426. The molecular formula is C15H27ClN4. The standard InChI is InChI=1S/C15H27ClN4/c1-5-17-14(11(2)12-6-7-12)15-13(16)10-18-20(15)9-8-19(3)4/h10-12,14,17H,5-9H2,1-4H3. The first kappa shape index (κ1) is 15.8. The lowest BCUT2D eigenvalue weighted by molar-refractivity contribution is 0.319. The molecule has 114 valence electrons. The van der Waals surface area contributed by atoms with E-state index in [0.717, 1.165) is 36.3 Å². The van der Waals surface area contributed by atoms with Crippen LogP contribution in [0.15, 0.2) is 6.20 Å². The zero-order chi connectivity index (χ0) is 14.7. The number of halogens is 1. The van der Waals surface area contributed by atoms with E-state index < -0.39 is 0 Å². The fourth-order valence-corrected chi connectivity index (χ4v) is 3.06. The van der Waals surface area contributed by atoms with E-state index in [4.69, 9.17) is 11.6 Å². The van der Waals surface area contributed by atoms with Crippen molar-refractivity contribution in [2.75, 3.05) is 27.2 Å². The average Bonchev–Trinajstić information content (AvgIpc) is 3.18. The minimum absolute atomic E-state index is 0.310. The maximum atomic E-state index is 6.42. The van der Waals surface area contributed by atoms with Crippen LogP contribution >= 0.6 is 11.6 Å². The summed E-state index contributed by atoms with van der Waals surface area (Å²) >= 11 is 6.42. The first-order valence-electron chi connectivity index (χ1n) is 7.63. The van der Waals surface area contributed by atoms with Gasteiger partial charge in [-0.1, -0.05) is 25.4 Å². The van der Waals surface area contributed by atoms with Gasteiger partial charge in [-0.3, -0.25) is 4.68 Å². The third-order valence-corrected chi connectivity index (χ3v) is 4.49. The molecule has 1 aromatic heterocycles. The highest BCUT2D eigenvalue weighted by molar-refractivity contribution is 6.31. The second-order valence-electron chi connectivity index (χ2n) is 6.14. The summed E-state index contributed by atoms with van der Waals surface area (Å²) in [6.07, 6.45) is 4.50. The summed E-state index contributed by atoms with van der Waals surface area (Å²) in [6.45, 7) is 7.30. The Balaban J connectivity index is 2.19. The molecule has 1 fully saturated rings. The van der Waals surface area contributed by atoms with E-state index in [1.165, 1.54) is 12.8 Å². The van der Waals surface area contributed by atoms with Crippen LogP contribution in [0.1, 0.15) is 38.4 Å². The van der Waals surface area contributed by atoms with Gasteiger partial charge in [0.2, 0.25) is 0 Å². The topological polar surface area (TPSA) is 33.1 Å². The Hall–Kier alpha value is -0.580. The predicted octanol–water partition coefficient (Wildman–Crippen LogP) is 2.79. The summed E-state index contributed by atoms with van der Waals surface area (Å²) in [5.41, 5.74) is 1.16. The quantitative estimate of drug-likeness (QED) is 0.801. The van der Waals surface area contributed by atoms with Gasteiger partial charge < -0.3 is 10.2 Å². The largest absolute Gasteiger partial charge is 0.309 e. The summed E-state index contributed by atoms with van der Waals surface area (Å²) in [6, 6.07) is 0.310. The van der Waals surface area contributed by atoms with E-state index >= 15 is 0 Å². The number of likely N-dealkylation sites (N-methyl/N-ethyl adjacent to an activating group) is 1. The molecule has 1 aromatic rings. The SMILES string of the molecule is CCNC(c1c(Cl)cnn1CCN(C)C)C(C)C1CC1. The maximum absolute atomic E-state index is 6.42. The number of nitrogens with zero attached hydrogens (tertiary/aromatic N) is 3. The van der Waals surface area contributed by atoms with Crippen LogP contribution in [0, 0.1) is 11.8 Å². The molecule has 4 nitrogen and oxygen atoms in total. The number of hydrogen-bond acceptors (Lipinski definition) is 3. The first-order chi connectivity index (χ1) is 9.54. The molecule has 1 heterocycles. The van der Waals surface area contributed by atoms with Crippen molar-refractivity contribution in [1.29, 1.82) is 0 Å². The van der Waals surface area contributed by atoms with Crippen molar-refractivity contribution in [1.82, 2.24) is 20.0 Å². The molecule has 1 saturated carbocycles. The van der Waals surface area contributed by atoms with E-state index in [-0.39, 0.29) is 0 Å². The van der Waals surface area contributed by atoms with Gasteiger partial charge in [0, 0.05) is 6.54 Å². The van der Waals surface area contributed by atoms with Crippen LogP contribution in [0.2, 0.25) is 5.02 Å². The minimum Gasteiger partial charge on any atom is -0.309 e. The number of hydrogen-bond donors (Lipinski definition) is 1. The molecule has 5 heteroatoms. The Morgan fingerprint density at radius 1 is 1.50 bits per heavy atom. The zero-order valence-electron chi connectivity index (χ0n) is 13.1. The van der Waals surface area contributed by atoms with Gasteiger partial charge in [0.1, 0.15) is 0 Å². The smallest absolute Gasteiger partial charge is 0.0834 e. The summed E-state index contributed by atoms with van der Waals surface area (Å²) in [5.74, 6) is 1.45. The number of nitrogens with one attached hydrogen (secondary N) is 1. The highest BCUT2D eigenvalue weighted by Crippen LogP contribution is 2.43. The highest BCUT2D eigenvalue weighted by atomic mass is 35.5. The van der Waals surface area contributed by atoms with Crippen molar-refractivity contribution in [2.24, 2.45) is 11.8 Å². The second kappa shape index (κ2) is 6.92. The second-order valence-corrected chi connectivity index (χ2v) is 6.54. The Kier molecular flexibility index (Phi) is 5.47. The molecule has 0 aliphatic heterocycles. The van der Waals surface area contributed by atoms with Crippen LogP contribution in [-0.4, -0.2) is 41.9 Å². The molecule has 2 atom stereocenters. The summed E-state index contributed by atoms with van der Waals surface area (Å²) in [7, 11) is 4.17. The lowest BCUT2D eigenvalue weighted by Gasteiger charge is -2.26. The fourth-order valence-electron chi connectivity index (χ4n) is 2.80. The van der Waals surface area contributed by atoms with Gasteiger partial charge >= 0.3 is 0 Å². The van der Waals surface area contributed by atoms with Gasteiger partial charge in [0.05, 0.1) is 29.5 Å². The van der Waals surface area contributed by atoms with Crippen LogP contribution in [0.3, 0.4) is 0 Å². The van der Waals surface area contributed by atoms with E-state index in [0.29, 0.717) is 12.0 Å². The molecule has 1 aliphatic rings. The molecule has 0 spiro atoms. The van der Waals surface area contributed by atoms with Gasteiger partial charge in [-0.15, -0.1) is 0 Å². The Morgan fingerprint density at radius 3 is 2.75 bits per heavy atom. The molecule has 0 aromatic carbocycles. The first-order valence-corrected chi connectivity index (χ1v) is 8.01. The van der Waals surface area contributed by atoms with Crippen molar-refractivity contribution >= 4 is 11.6 Å². The Labute approximate surface area is 127 Å². The number of rotatable bonds is 8. The molecule has 2 unspecified atom stereocenters. The van der Waals surface area contributed by atoms with E-state index in [1.807, 2.05) is 0 Å². The van der Waals surface area contributed by atoms with Crippen molar-refractivity contribution in [3.8, 4) is 0 Å². The van der Waals surface area contributed by atoms with Crippen LogP contribution in [0.25, 0.3) is 0 Å². The molecule has 0 bridgehead atoms. The number of aromatic nitrogens is 2. The zero-order valence-corrected chi connectivity index (χ0v) is 13.8. The van der Waals surface area contributed by atoms with Gasteiger partial charge in [0.25, 0.3) is 0 Å². The molecular weight excluding hydrogens is 272 g/mol. The average molecular weight is 299 g/mol. The molecule has 0 radical (unpaired) electrons. The third-order valence-electron chi connectivity index (χ3n) is 4.20. The van der Waals surface area contributed by atoms with Crippen molar-refractivity contribution in [2.45, 2.75) is 39.3 Å². The molecule has 1 N–H and O–H groups in total. The Morgan fingerprint density at radius 2 is 2.20 bits per heavy atom. The minimum atomic E-state index is 0.310. The van der Waals surface area contributed by atoms with Crippen LogP contribution in [-0.2, 0) is 6.54 Å². The molecule has 1 aliphatic carbocycles. The van der Waals surface area contributed by atoms with Crippen LogP contribution in [0.4, 0.5) is 0 Å². The third kappa shape index (κ3) is 3.74. The summed E-state index contributed by atoms with van der Waals surface area (Å²) in [5, 5.41) is 8.88. The molecule has 2 rings (SSSR count). The lowest BCUT2D eigenvalue weighted by Crippen LogP contribution is -2.31. The van der Waals surface area contributed by atoms with E-state index in [9.17, 15) is 0 Å². The molecule has 0 amide bonds. The predicted molar refractivity (Wildman–Crippen MR) is 84.1 cm³/mol. The summed E-state index contributed by atoms with van der Waals surface area (Å²) in [4.78, 5) is 2.17. The van der Waals surface area contributed by atoms with Gasteiger partial charge in [0.15, 0.2) is 0 Å². The van der Waals surface area contributed by atoms with Crippen LogP contribution in [0.5, 0.6) is 0 Å². The van der Waals surface area contributed by atoms with Gasteiger partial charge in [-0.2, -0.15) is 5.10 Å². The van der Waals surface area contributed by atoms with E-state index in [2.05, 4.69) is 47.9 Å². The van der Waals surface area contributed by atoms with Crippen molar-refractivity contribution in [3.63, 3.8) is 0 Å². The summed E-state index contributed by atoms with van der Waals surface area (Å²) < 4.78 is 2.08. The lowest BCUT2D eigenvalue weighted by atomic mass is 9.93. The maximum Gasteiger partial charge on any atom is 0.0834 e.